The highest BCUT2D eigenvalue weighted by Crippen LogP contribution is 2.41. The number of fused-ring (bicyclic) bond motifs is 1. The van der Waals surface area contributed by atoms with Crippen molar-refractivity contribution in [1.82, 2.24) is 9.88 Å². The zero-order valence-corrected chi connectivity index (χ0v) is 19.0. The van der Waals surface area contributed by atoms with Gasteiger partial charge in [0.15, 0.2) is 0 Å². The van der Waals surface area contributed by atoms with Gasteiger partial charge < -0.3 is 4.74 Å². The molecular weight excluding hydrogens is 412 g/mol. The van der Waals surface area contributed by atoms with Gasteiger partial charge in [0, 0.05) is 17.5 Å². The minimum atomic E-state index is -0.496. The summed E-state index contributed by atoms with van der Waals surface area (Å²) in [7, 11) is 0. The van der Waals surface area contributed by atoms with E-state index in [0.717, 1.165) is 36.8 Å². The first-order chi connectivity index (χ1) is 16.1. The van der Waals surface area contributed by atoms with Gasteiger partial charge in [0.1, 0.15) is 6.61 Å². The Morgan fingerprint density at radius 1 is 1.03 bits per heavy atom. The van der Waals surface area contributed by atoms with Gasteiger partial charge in [0.05, 0.1) is 11.6 Å². The number of para-hydroxylation sites is 1. The smallest absolute Gasteiger partial charge is 0.416 e. The Morgan fingerprint density at radius 2 is 1.76 bits per heavy atom. The van der Waals surface area contributed by atoms with E-state index in [4.69, 9.17) is 4.74 Å². The molecule has 1 aliphatic carbocycles. The molecule has 5 nitrogen and oxygen atoms in total. The lowest BCUT2D eigenvalue weighted by molar-refractivity contribution is -0.135. The zero-order chi connectivity index (χ0) is 22.8. The van der Waals surface area contributed by atoms with Gasteiger partial charge in [-0.05, 0) is 67.2 Å². The van der Waals surface area contributed by atoms with E-state index in [1.165, 1.54) is 15.8 Å². The number of aromatic nitrogens is 1. The second-order valence-corrected chi connectivity index (χ2v) is 9.45. The van der Waals surface area contributed by atoms with E-state index < -0.39 is 6.09 Å². The number of carbonyl (C=O) groups excluding carboxylic acids is 2. The number of carbonyl (C=O) groups is 2. The second-order valence-electron chi connectivity index (χ2n) is 9.45. The highest BCUT2D eigenvalue weighted by atomic mass is 16.6. The standard InChI is InChI=1S/C28H30N2O3/c1-19(27(31)30-23(18-33-28(30)32)17-20-7-3-2-4-8-20)21-11-13-22(14-12-21)24-15-16-29-26-10-6-5-9-25(24)26/h2-10,15-16,19,21-23H,11-14,17-18H2,1H3/t19-,21?,22?,23-/m1/s1. The van der Waals surface area contributed by atoms with Crippen LogP contribution in [0.15, 0.2) is 66.9 Å². The molecule has 1 saturated heterocycles. The van der Waals surface area contributed by atoms with E-state index in [1.54, 1.807) is 0 Å². The molecule has 0 bridgehead atoms. The van der Waals surface area contributed by atoms with Crippen LogP contribution in [0.25, 0.3) is 10.9 Å². The summed E-state index contributed by atoms with van der Waals surface area (Å²) >= 11 is 0. The number of cyclic esters (lactones) is 1. The van der Waals surface area contributed by atoms with Crippen LogP contribution in [-0.4, -0.2) is 34.5 Å². The summed E-state index contributed by atoms with van der Waals surface area (Å²) in [4.78, 5) is 31.7. The molecule has 5 rings (SSSR count). The van der Waals surface area contributed by atoms with Crippen LogP contribution in [0.4, 0.5) is 4.79 Å². The molecule has 2 atom stereocenters. The number of hydrogen-bond acceptors (Lipinski definition) is 4. The molecule has 2 aliphatic rings. The lowest BCUT2D eigenvalue weighted by Crippen LogP contribution is -2.45. The van der Waals surface area contributed by atoms with Crippen LogP contribution in [0.3, 0.4) is 0 Å². The van der Waals surface area contributed by atoms with Gasteiger partial charge >= 0.3 is 6.09 Å². The van der Waals surface area contributed by atoms with E-state index in [0.29, 0.717) is 12.3 Å². The average molecular weight is 443 g/mol. The maximum Gasteiger partial charge on any atom is 0.416 e. The summed E-state index contributed by atoms with van der Waals surface area (Å²) < 4.78 is 5.28. The maximum atomic E-state index is 13.4. The fourth-order valence-electron chi connectivity index (χ4n) is 5.59. The van der Waals surface area contributed by atoms with Crippen molar-refractivity contribution in [2.75, 3.05) is 6.61 Å². The van der Waals surface area contributed by atoms with Gasteiger partial charge in [0.2, 0.25) is 5.91 Å². The van der Waals surface area contributed by atoms with E-state index >= 15 is 0 Å². The van der Waals surface area contributed by atoms with Gasteiger partial charge in [-0.15, -0.1) is 0 Å². The summed E-state index contributed by atoms with van der Waals surface area (Å²) in [5, 5.41) is 1.23. The van der Waals surface area contributed by atoms with Crippen molar-refractivity contribution in [3.8, 4) is 0 Å². The molecule has 2 amide bonds. The van der Waals surface area contributed by atoms with Crippen LogP contribution >= 0.6 is 0 Å². The predicted octanol–water partition coefficient (Wildman–Crippen LogP) is 5.73. The predicted molar refractivity (Wildman–Crippen MR) is 128 cm³/mol. The van der Waals surface area contributed by atoms with Crippen LogP contribution in [0.2, 0.25) is 0 Å². The number of amides is 2. The monoisotopic (exact) mass is 442 g/mol. The van der Waals surface area contributed by atoms with Crippen molar-refractivity contribution in [3.63, 3.8) is 0 Å². The zero-order valence-electron chi connectivity index (χ0n) is 19.0. The topological polar surface area (TPSA) is 59.5 Å². The van der Waals surface area contributed by atoms with Crippen LogP contribution < -0.4 is 0 Å². The van der Waals surface area contributed by atoms with Gasteiger partial charge in [-0.2, -0.15) is 0 Å². The van der Waals surface area contributed by atoms with E-state index in [2.05, 4.69) is 29.2 Å². The molecule has 2 aromatic carbocycles. The van der Waals surface area contributed by atoms with Crippen molar-refractivity contribution in [2.45, 2.75) is 51.0 Å². The van der Waals surface area contributed by atoms with E-state index in [1.807, 2.05) is 49.5 Å². The van der Waals surface area contributed by atoms with Crippen molar-refractivity contribution in [1.29, 1.82) is 0 Å². The van der Waals surface area contributed by atoms with E-state index in [9.17, 15) is 9.59 Å². The highest BCUT2D eigenvalue weighted by molar-refractivity contribution is 5.94. The minimum absolute atomic E-state index is 0.0868. The summed E-state index contributed by atoms with van der Waals surface area (Å²) in [6, 6.07) is 20.2. The molecule has 1 aliphatic heterocycles. The summed E-state index contributed by atoms with van der Waals surface area (Å²) in [6.45, 7) is 2.26. The minimum Gasteiger partial charge on any atom is -0.447 e. The molecule has 2 heterocycles. The molecule has 170 valence electrons. The van der Waals surface area contributed by atoms with Gasteiger partial charge in [-0.3, -0.25) is 9.78 Å². The number of nitrogens with zero attached hydrogens (tertiary/aromatic N) is 2. The van der Waals surface area contributed by atoms with Crippen LogP contribution in [0.5, 0.6) is 0 Å². The number of imide groups is 1. The van der Waals surface area contributed by atoms with Crippen molar-refractivity contribution < 1.29 is 14.3 Å². The van der Waals surface area contributed by atoms with Crippen LogP contribution in [-0.2, 0) is 16.0 Å². The molecule has 0 spiro atoms. The first kappa shape index (κ1) is 21.6. The lowest BCUT2D eigenvalue weighted by Gasteiger charge is -2.34. The summed E-state index contributed by atoms with van der Waals surface area (Å²) in [5.74, 6) is 0.493. The van der Waals surface area contributed by atoms with Gasteiger partial charge in [0.25, 0.3) is 0 Å². The number of rotatable bonds is 5. The normalized spacial score (nSPS) is 24.0. The van der Waals surface area contributed by atoms with E-state index in [-0.39, 0.29) is 30.4 Å². The molecule has 33 heavy (non-hydrogen) atoms. The van der Waals surface area contributed by atoms with Crippen molar-refractivity contribution in [3.05, 3.63) is 78.0 Å². The average Bonchev–Trinajstić information content (AvgIpc) is 3.23. The molecular formula is C28H30N2O3. The third kappa shape index (κ3) is 4.37. The summed E-state index contributed by atoms with van der Waals surface area (Å²) in [6.07, 6.45) is 6.11. The Balaban J connectivity index is 1.25. The Bertz CT molecular complexity index is 1130. The Labute approximate surface area is 194 Å². The maximum absolute atomic E-state index is 13.4. The molecule has 0 N–H and O–H groups in total. The number of pyridine rings is 1. The first-order valence-electron chi connectivity index (χ1n) is 12.0. The Hall–Kier alpha value is -3.21. The third-order valence-corrected chi connectivity index (χ3v) is 7.50. The first-order valence-corrected chi connectivity index (χ1v) is 12.0. The fourth-order valence-corrected chi connectivity index (χ4v) is 5.59. The Morgan fingerprint density at radius 3 is 2.55 bits per heavy atom. The van der Waals surface area contributed by atoms with Crippen molar-refractivity contribution in [2.24, 2.45) is 11.8 Å². The molecule has 5 heteroatoms. The van der Waals surface area contributed by atoms with Gasteiger partial charge in [-0.25, -0.2) is 9.69 Å². The largest absolute Gasteiger partial charge is 0.447 e. The fraction of sp³-hybridized carbons (Fsp3) is 0.393. The molecule has 3 aromatic rings. The third-order valence-electron chi connectivity index (χ3n) is 7.50. The number of benzene rings is 2. The Kier molecular flexibility index (Phi) is 6.12. The van der Waals surface area contributed by atoms with Gasteiger partial charge in [-0.1, -0.05) is 55.5 Å². The van der Waals surface area contributed by atoms with Crippen LogP contribution in [0, 0.1) is 11.8 Å². The number of ether oxygens (including phenoxy) is 1. The lowest BCUT2D eigenvalue weighted by atomic mass is 9.73. The second kappa shape index (κ2) is 9.34. The van der Waals surface area contributed by atoms with Crippen LogP contribution in [0.1, 0.15) is 49.7 Å². The molecule has 0 unspecified atom stereocenters. The molecule has 2 fully saturated rings. The molecule has 1 aromatic heterocycles. The summed E-state index contributed by atoms with van der Waals surface area (Å²) in [5.41, 5.74) is 3.51. The molecule has 1 saturated carbocycles. The highest BCUT2D eigenvalue weighted by Gasteiger charge is 2.42. The van der Waals surface area contributed by atoms with Crippen molar-refractivity contribution >= 4 is 22.9 Å². The SMILES string of the molecule is C[C@@H](C(=O)N1C(=O)OC[C@H]1Cc1ccccc1)C1CCC(c2ccnc3ccccc23)CC1. The number of hydrogen-bond donors (Lipinski definition) is 0. The molecule has 0 radical (unpaired) electrons. The quantitative estimate of drug-likeness (QED) is 0.506.